The number of hydrogen-bond acceptors (Lipinski definition) is 3. The van der Waals surface area contributed by atoms with E-state index in [1.165, 1.54) is 7.05 Å². The fourth-order valence-electron chi connectivity index (χ4n) is 0.463. The van der Waals surface area contributed by atoms with Crippen LogP contribution < -0.4 is 5.32 Å². The van der Waals surface area contributed by atoms with Crippen LogP contribution in [0.2, 0.25) is 0 Å². The monoisotopic (exact) mass is 145 g/mol. The van der Waals surface area contributed by atoms with E-state index in [4.69, 9.17) is 4.74 Å². The Kier molecular flexibility index (Phi) is 4.49. The number of aldehydes is 1. The van der Waals surface area contributed by atoms with Gasteiger partial charge in [0.25, 0.3) is 0 Å². The zero-order valence-electron chi connectivity index (χ0n) is 6.09. The highest BCUT2D eigenvalue weighted by Crippen LogP contribution is 1.87. The summed E-state index contributed by atoms with van der Waals surface area (Å²) >= 11 is 0. The minimum absolute atomic E-state index is 0.0331. The quantitative estimate of drug-likeness (QED) is 0.534. The van der Waals surface area contributed by atoms with E-state index in [-0.39, 0.29) is 12.5 Å². The summed E-state index contributed by atoms with van der Waals surface area (Å²) in [6.07, 6.45) is 0.0644. The van der Waals surface area contributed by atoms with E-state index in [0.717, 1.165) is 0 Å². The van der Waals surface area contributed by atoms with Gasteiger partial charge in [0.05, 0.1) is 0 Å². The number of rotatable bonds is 4. The second-order valence-electron chi connectivity index (χ2n) is 1.76. The molecule has 4 heteroatoms. The van der Waals surface area contributed by atoms with E-state index in [1.807, 2.05) is 0 Å². The fourth-order valence-corrected chi connectivity index (χ4v) is 0.463. The predicted octanol–water partition coefficient (Wildman–Crippen LogP) is -0.664. The average molecular weight is 145 g/mol. The van der Waals surface area contributed by atoms with Crippen molar-refractivity contribution in [2.24, 2.45) is 0 Å². The zero-order chi connectivity index (χ0) is 7.98. The minimum atomic E-state index is -0.546. The summed E-state index contributed by atoms with van der Waals surface area (Å²) in [6.45, 7) is 1.55. The van der Waals surface area contributed by atoms with Crippen molar-refractivity contribution >= 4 is 12.2 Å². The van der Waals surface area contributed by atoms with Gasteiger partial charge in [-0.2, -0.15) is 0 Å². The molecule has 10 heavy (non-hydrogen) atoms. The summed E-state index contributed by atoms with van der Waals surface area (Å²) in [6, 6.07) is 0. The van der Waals surface area contributed by atoms with E-state index in [9.17, 15) is 9.59 Å². The van der Waals surface area contributed by atoms with E-state index in [2.05, 4.69) is 5.32 Å². The van der Waals surface area contributed by atoms with Crippen molar-refractivity contribution in [1.29, 1.82) is 0 Å². The van der Waals surface area contributed by atoms with Gasteiger partial charge in [-0.25, -0.2) is 0 Å². The summed E-state index contributed by atoms with van der Waals surface area (Å²) in [5, 5.41) is 2.39. The van der Waals surface area contributed by atoms with Gasteiger partial charge in [-0.15, -0.1) is 0 Å². The van der Waals surface area contributed by atoms with Crippen LogP contribution in [0, 0.1) is 0 Å². The minimum Gasteiger partial charge on any atom is -0.361 e. The molecule has 0 aromatic carbocycles. The lowest BCUT2D eigenvalue weighted by Crippen LogP contribution is -2.32. The van der Waals surface area contributed by atoms with Crippen LogP contribution in [0.4, 0.5) is 0 Å². The van der Waals surface area contributed by atoms with Crippen LogP contribution in [0.5, 0.6) is 0 Å². The summed E-state index contributed by atoms with van der Waals surface area (Å²) in [5.41, 5.74) is 0. The average Bonchev–Trinajstić information content (AvgIpc) is 1.98. The highest BCUT2D eigenvalue weighted by molar-refractivity contribution is 5.80. The predicted molar refractivity (Wildman–Crippen MR) is 35.5 cm³/mol. The van der Waals surface area contributed by atoms with Gasteiger partial charge in [-0.05, 0) is 6.92 Å². The Bertz CT molecular complexity index is 124. The molecule has 4 nitrogen and oxygen atoms in total. The molecule has 0 aliphatic rings. The van der Waals surface area contributed by atoms with Crippen LogP contribution in [-0.2, 0) is 14.3 Å². The van der Waals surface area contributed by atoms with Gasteiger partial charge < -0.3 is 14.8 Å². The molecular formula is C6H11NO3. The van der Waals surface area contributed by atoms with Crippen molar-refractivity contribution in [1.82, 2.24) is 5.32 Å². The van der Waals surface area contributed by atoms with Crippen LogP contribution in [-0.4, -0.2) is 32.0 Å². The van der Waals surface area contributed by atoms with Gasteiger partial charge in [-0.1, -0.05) is 0 Å². The maximum Gasteiger partial charge on any atom is 0.248 e. The third kappa shape index (κ3) is 3.19. The third-order valence-electron chi connectivity index (χ3n) is 1.03. The van der Waals surface area contributed by atoms with Crippen molar-refractivity contribution in [2.75, 3.05) is 13.7 Å². The Balaban J connectivity index is 3.50. The first kappa shape index (κ1) is 9.10. The Morgan fingerprint density at radius 3 is 2.80 bits per heavy atom. The van der Waals surface area contributed by atoms with Crippen LogP contribution in [0.1, 0.15) is 6.92 Å². The first-order valence-electron chi connectivity index (χ1n) is 2.99. The molecule has 0 aromatic rings. The molecule has 1 atom stereocenters. The second kappa shape index (κ2) is 4.93. The lowest BCUT2D eigenvalue weighted by atomic mass is 10.4. The lowest BCUT2D eigenvalue weighted by molar-refractivity contribution is -0.132. The molecule has 0 aromatic heterocycles. The molecule has 0 unspecified atom stereocenters. The van der Waals surface area contributed by atoms with Crippen molar-refractivity contribution in [2.45, 2.75) is 13.0 Å². The van der Waals surface area contributed by atoms with Crippen LogP contribution in [0.15, 0.2) is 0 Å². The van der Waals surface area contributed by atoms with E-state index >= 15 is 0 Å². The number of amides is 1. The molecule has 1 N–H and O–H groups in total. The van der Waals surface area contributed by atoms with E-state index < -0.39 is 6.10 Å². The summed E-state index contributed by atoms with van der Waals surface area (Å²) in [5.74, 6) is -0.221. The van der Waals surface area contributed by atoms with Crippen molar-refractivity contribution in [3.63, 3.8) is 0 Å². The number of nitrogens with one attached hydrogen (secondary N) is 1. The van der Waals surface area contributed by atoms with Gasteiger partial charge in [0, 0.05) is 7.05 Å². The normalized spacial score (nSPS) is 12.2. The SMILES string of the molecule is CNC(=O)[C@@H](C)OCC=O. The molecule has 58 valence electrons. The molecule has 1 amide bonds. The van der Waals surface area contributed by atoms with Crippen molar-refractivity contribution in [3.05, 3.63) is 0 Å². The molecule has 0 aliphatic carbocycles. The highest BCUT2D eigenvalue weighted by atomic mass is 16.5. The Morgan fingerprint density at radius 2 is 2.40 bits per heavy atom. The third-order valence-corrected chi connectivity index (χ3v) is 1.03. The number of carbonyl (C=O) groups excluding carboxylic acids is 2. The molecule has 0 fully saturated rings. The number of ether oxygens (including phenoxy) is 1. The second-order valence-corrected chi connectivity index (χ2v) is 1.76. The summed E-state index contributed by atoms with van der Waals surface area (Å²) < 4.78 is 4.76. The van der Waals surface area contributed by atoms with Crippen LogP contribution >= 0.6 is 0 Å². The van der Waals surface area contributed by atoms with Gasteiger partial charge in [-0.3, -0.25) is 4.79 Å². The Labute approximate surface area is 59.6 Å². The highest BCUT2D eigenvalue weighted by Gasteiger charge is 2.09. The molecule has 0 saturated heterocycles. The maximum absolute atomic E-state index is 10.7. The molecule has 0 bridgehead atoms. The summed E-state index contributed by atoms with van der Waals surface area (Å²) in [4.78, 5) is 20.4. The molecular weight excluding hydrogens is 134 g/mol. The molecule has 0 heterocycles. The van der Waals surface area contributed by atoms with Crippen molar-refractivity contribution < 1.29 is 14.3 Å². The number of hydrogen-bond donors (Lipinski definition) is 1. The molecule has 0 spiro atoms. The first-order valence-corrected chi connectivity index (χ1v) is 2.99. The van der Waals surface area contributed by atoms with Crippen LogP contribution in [0.25, 0.3) is 0 Å². The number of carbonyl (C=O) groups is 2. The van der Waals surface area contributed by atoms with Crippen molar-refractivity contribution in [3.8, 4) is 0 Å². The Morgan fingerprint density at radius 1 is 1.80 bits per heavy atom. The van der Waals surface area contributed by atoms with Gasteiger partial charge in [0.15, 0.2) is 0 Å². The smallest absolute Gasteiger partial charge is 0.248 e. The van der Waals surface area contributed by atoms with E-state index in [0.29, 0.717) is 6.29 Å². The van der Waals surface area contributed by atoms with Crippen LogP contribution in [0.3, 0.4) is 0 Å². The zero-order valence-corrected chi connectivity index (χ0v) is 6.09. The molecule has 0 aliphatic heterocycles. The topological polar surface area (TPSA) is 55.4 Å². The molecule has 0 rings (SSSR count). The maximum atomic E-state index is 10.7. The van der Waals surface area contributed by atoms with E-state index in [1.54, 1.807) is 6.92 Å². The number of likely N-dealkylation sites (N-methyl/N-ethyl adjacent to an activating group) is 1. The Hall–Kier alpha value is -0.900. The largest absolute Gasteiger partial charge is 0.361 e. The van der Waals surface area contributed by atoms with Gasteiger partial charge in [0.1, 0.15) is 19.0 Å². The lowest BCUT2D eigenvalue weighted by Gasteiger charge is -2.07. The molecule has 0 saturated carbocycles. The summed E-state index contributed by atoms with van der Waals surface area (Å²) in [7, 11) is 1.52. The first-order chi connectivity index (χ1) is 4.72. The fraction of sp³-hybridized carbons (Fsp3) is 0.667. The standard InChI is InChI=1S/C6H11NO3/c1-5(6(9)7-2)10-4-3-8/h3,5H,4H2,1-2H3,(H,7,9)/t5-/m1/s1. The van der Waals surface area contributed by atoms with Gasteiger partial charge >= 0.3 is 0 Å². The van der Waals surface area contributed by atoms with Gasteiger partial charge in [0.2, 0.25) is 5.91 Å². The molecule has 0 radical (unpaired) electrons.